The van der Waals surface area contributed by atoms with Crippen LogP contribution in [-0.2, 0) is 0 Å². The zero-order valence-corrected chi connectivity index (χ0v) is 12.9. The first kappa shape index (κ1) is 15.5. The third-order valence-electron chi connectivity index (χ3n) is 3.99. The lowest BCUT2D eigenvalue weighted by molar-refractivity contribution is 0.102. The van der Waals surface area contributed by atoms with E-state index in [4.69, 9.17) is 0 Å². The molecule has 0 bridgehead atoms. The summed E-state index contributed by atoms with van der Waals surface area (Å²) >= 11 is 0. The predicted octanol–water partition coefficient (Wildman–Crippen LogP) is 3.85. The molecule has 1 aromatic carbocycles. The molecule has 5 nitrogen and oxygen atoms in total. The lowest BCUT2D eigenvalue weighted by atomic mass is 10.2. The first-order valence-corrected chi connectivity index (χ1v) is 7.67. The Morgan fingerprint density at radius 2 is 2.12 bits per heavy atom. The summed E-state index contributed by atoms with van der Waals surface area (Å²) in [7, 11) is 0. The molecule has 2 aromatic rings. The minimum absolute atomic E-state index is 0.106. The molecule has 2 aliphatic rings. The van der Waals surface area contributed by atoms with Gasteiger partial charge in [-0.2, -0.15) is 5.10 Å². The van der Waals surface area contributed by atoms with Crippen LogP contribution in [0.25, 0.3) is 5.70 Å². The number of carbonyl (C=O) groups is 1. The molecule has 2 N–H and O–H groups in total. The normalized spacial score (nSPS) is 15.6. The molecule has 1 saturated carbocycles. The molecule has 2 heterocycles. The van der Waals surface area contributed by atoms with Gasteiger partial charge in [-0.1, -0.05) is 6.07 Å². The van der Waals surface area contributed by atoms with Crippen molar-refractivity contribution >= 4 is 23.1 Å². The Morgan fingerprint density at radius 3 is 2.80 bits per heavy atom. The average molecular weight is 346 g/mol. The van der Waals surface area contributed by atoms with Crippen molar-refractivity contribution in [1.29, 1.82) is 0 Å². The highest BCUT2D eigenvalue weighted by atomic mass is 19.3. The van der Waals surface area contributed by atoms with Gasteiger partial charge >= 0.3 is 0 Å². The number of benzene rings is 1. The summed E-state index contributed by atoms with van der Waals surface area (Å²) in [4.78, 5) is 12.5. The largest absolute Gasteiger partial charge is 0.339 e. The highest BCUT2D eigenvalue weighted by Crippen LogP contribution is 2.38. The van der Waals surface area contributed by atoms with Crippen LogP contribution in [0.4, 0.5) is 24.7 Å². The molecular formula is C17H13F3N4O. The lowest BCUT2D eigenvalue weighted by Gasteiger charge is -2.20. The maximum atomic E-state index is 13.3. The molecule has 0 radical (unpaired) electrons. The van der Waals surface area contributed by atoms with E-state index in [-0.39, 0.29) is 22.8 Å². The van der Waals surface area contributed by atoms with E-state index >= 15 is 0 Å². The number of aromatic nitrogens is 2. The zero-order chi connectivity index (χ0) is 17.6. The summed E-state index contributed by atoms with van der Waals surface area (Å²) in [5, 5.41) is 9.45. The van der Waals surface area contributed by atoms with Crippen molar-refractivity contribution in [2.75, 3.05) is 10.6 Å². The first-order chi connectivity index (χ1) is 12.0. The number of allylic oxidation sites excluding steroid dienone is 3. The zero-order valence-electron chi connectivity index (χ0n) is 12.9. The van der Waals surface area contributed by atoms with Crippen molar-refractivity contribution in [2.45, 2.75) is 19.3 Å². The molecule has 4 rings (SSSR count). The number of hydrogen-bond donors (Lipinski definition) is 2. The second-order valence-electron chi connectivity index (χ2n) is 5.80. The van der Waals surface area contributed by atoms with Gasteiger partial charge in [0.2, 0.25) is 0 Å². The van der Waals surface area contributed by atoms with Crippen LogP contribution in [0.3, 0.4) is 0 Å². The van der Waals surface area contributed by atoms with E-state index in [1.54, 1.807) is 0 Å². The second kappa shape index (κ2) is 5.80. The Balaban J connectivity index is 1.68. The summed E-state index contributed by atoms with van der Waals surface area (Å²) in [6.07, 6.45) is 1.53. The topological polar surface area (TPSA) is 59.0 Å². The Kier molecular flexibility index (Phi) is 3.60. The maximum Gasteiger partial charge on any atom is 0.280 e. The quantitative estimate of drug-likeness (QED) is 0.887. The van der Waals surface area contributed by atoms with E-state index in [1.807, 2.05) is 0 Å². The Bertz CT molecular complexity index is 924. The van der Waals surface area contributed by atoms with Crippen molar-refractivity contribution in [1.82, 2.24) is 9.78 Å². The number of carbonyl (C=O) groups excluding carboxylic acids is 1. The molecule has 128 valence electrons. The smallest absolute Gasteiger partial charge is 0.280 e. The highest BCUT2D eigenvalue weighted by molar-refractivity contribution is 6.08. The van der Waals surface area contributed by atoms with Gasteiger partial charge in [0.25, 0.3) is 12.3 Å². The number of nitrogens with zero attached hydrogens (tertiary/aromatic N) is 2. The number of rotatable bonds is 3. The molecule has 0 unspecified atom stereocenters. The summed E-state index contributed by atoms with van der Waals surface area (Å²) in [6, 6.07) is 5.42. The first-order valence-electron chi connectivity index (χ1n) is 7.67. The van der Waals surface area contributed by atoms with Crippen molar-refractivity contribution in [3.8, 4) is 0 Å². The van der Waals surface area contributed by atoms with Crippen LogP contribution in [-0.4, -0.2) is 22.1 Å². The summed E-state index contributed by atoms with van der Waals surface area (Å²) < 4.78 is 40.9. The fourth-order valence-electron chi connectivity index (χ4n) is 2.65. The van der Waals surface area contributed by atoms with Gasteiger partial charge in [0.05, 0.1) is 6.20 Å². The number of hydrogen-bond acceptors (Lipinski definition) is 3. The number of anilines is 2. The van der Waals surface area contributed by atoms with E-state index < -0.39 is 18.1 Å². The number of amides is 1. The fourth-order valence-corrected chi connectivity index (χ4v) is 2.65. The summed E-state index contributed by atoms with van der Waals surface area (Å²) in [5.41, 5.74) is 1.71. The minimum Gasteiger partial charge on any atom is -0.339 e. The number of fused-ring (bicyclic) bond motifs is 1. The second-order valence-corrected chi connectivity index (χ2v) is 5.80. The molecule has 25 heavy (non-hydrogen) atoms. The molecule has 1 fully saturated rings. The Hall–Kier alpha value is -3.03. The number of alkyl halides is 2. The summed E-state index contributed by atoms with van der Waals surface area (Å²) in [6.45, 7) is 0. The third kappa shape index (κ3) is 2.90. The van der Waals surface area contributed by atoms with Crippen LogP contribution < -0.4 is 10.6 Å². The van der Waals surface area contributed by atoms with E-state index in [0.717, 1.165) is 23.1 Å². The molecule has 1 aromatic heterocycles. The van der Waals surface area contributed by atoms with Gasteiger partial charge in [-0.15, -0.1) is 0 Å². The van der Waals surface area contributed by atoms with Crippen LogP contribution in [0, 0.1) is 5.82 Å². The molecule has 8 heteroatoms. The van der Waals surface area contributed by atoms with Crippen molar-refractivity contribution in [2.24, 2.45) is 0 Å². The van der Waals surface area contributed by atoms with Gasteiger partial charge in [0.1, 0.15) is 22.9 Å². The van der Waals surface area contributed by atoms with Crippen LogP contribution in [0.2, 0.25) is 0 Å². The molecular weight excluding hydrogens is 333 g/mol. The molecule has 1 aliphatic carbocycles. The van der Waals surface area contributed by atoms with Crippen LogP contribution >= 0.6 is 0 Å². The van der Waals surface area contributed by atoms with Crippen molar-refractivity contribution < 1.29 is 18.0 Å². The maximum absolute atomic E-state index is 13.3. The van der Waals surface area contributed by atoms with Crippen molar-refractivity contribution in [3.63, 3.8) is 0 Å². The minimum atomic E-state index is -2.73. The van der Waals surface area contributed by atoms with Gasteiger partial charge in [0.15, 0.2) is 0 Å². The van der Waals surface area contributed by atoms with E-state index in [9.17, 15) is 18.0 Å². The lowest BCUT2D eigenvalue weighted by Crippen LogP contribution is -2.20. The third-order valence-corrected chi connectivity index (χ3v) is 3.99. The molecule has 0 atom stereocenters. The van der Waals surface area contributed by atoms with Gasteiger partial charge in [-0.3, -0.25) is 4.79 Å². The van der Waals surface area contributed by atoms with E-state index in [2.05, 4.69) is 15.7 Å². The fraction of sp³-hybridized carbons (Fsp3) is 0.176. The Morgan fingerprint density at radius 1 is 1.32 bits per heavy atom. The van der Waals surface area contributed by atoms with Gasteiger partial charge in [-0.05, 0) is 42.7 Å². The molecule has 0 spiro atoms. The highest BCUT2D eigenvalue weighted by Gasteiger charge is 2.30. The van der Waals surface area contributed by atoms with Crippen LogP contribution in [0.5, 0.6) is 0 Å². The summed E-state index contributed by atoms with van der Waals surface area (Å²) in [5.74, 6) is -0.868. The monoisotopic (exact) mass is 346 g/mol. The van der Waals surface area contributed by atoms with Gasteiger partial charge in [-0.25, -0.2) is 17.9 Å². The standard InChI is InChI=1S/C17H13F3N4O/c18-10-2-1-3-11(6-10)22-17(25)12-8-21-24-14(15(19)20)7-13(9-4-5-9)23-16(12)24/h1-3,6-8,15,23H,4-5H2,(H,22,25). The van der Waals surface area contributed by atoms with E-state index in [1.165, 1.54) is 36.5 Å². The molecule has 1 amide bonds. The SMILES string of the molecule is O=C(Nc1cccc(F)c1)c1cnn2c1NC(=C1CC1)C=C2C(F)F. The number of halogens is 3. The predicted molar refractivity (Wildman–Crippen MR) is 86.7 cm³/mol. The van der Waals surface area contributed by atoms with E-state index in [0.29, 0.717) is 5.70 Å². The molecule has 1 aliphatic heterocycles. The van der Waals surface area contributed by atoms with Gasteiger partial charge < -0.3 is 10.6 Å². The average Bonchev–Trinajstić information content (AvgIpc) is 3.33. The Labute approximate surface area is 140 Å². The van der Waals surface area contributed by atoms with Gasteiger partial charge in [0, 0.05) is 11.4 Å². The van der Waals surface area contributed by atoms with Crippen molar-refractivity contribution in [3.05, 3.63) is 59.2 Å². The number of nitrogens with one attached hydrogen (secondary N) is 2. The van der Waals surface area contributed by atoms with Crippen LogP contribution in [0.1, 0.15) is 23.2 Å². The molecule has 0 saturated heterocycles. The van der Waals surface area contributed by atoms with Crippen LogP contribution in [0.15, 0.2) is 47.8 Å².